The van der Waals surface area contributed by atoms with Gasteiger partial charge in [0.1, 0.15) is 0 Å². The van der Waals surface area contributed by atoms with Crippen molar-refractivity contribution in [3.63, 3.8) is 0 Å². The maximum Gasteiger partial charge on any atom is 0.278 e. The summed E-state index contributed by atoms with van der Waals surface area (Å²) < 4.78 is 0. The van der Waals surface area contributed by atoms with Gasteiger partial charge in [-0.2, -0.15) is 0 Å². The van der Waals surface area contributed by atoms with E-state index < -0.39 is 5.56 Å². The highest BCUT2D eigenvalue weighted by Gasteiger charge is 2.16. The zero-order chi connectivity index (χ0) is 22.5. The van der Waals surface area contributed by atoms with Gasteiger partial charge in [0.05, 0.1) is 11.4 Å². The van der Waals surface area contributed by atoms with Crippen molar-refractivity contribution < 1.29 is 9.59 Å². The molecule has 0 atom stereocenters. The van der Waals surface area contributed by atoms with Gasteiger partial charge in [-0.3, -0.25) is 19.4 Å². The Hall–Kier alpha value is -3.46. The zero-order valence-electron chi connectivity index (χ0n) is 17.7. The molecule has 3 N–H and O–H groups in total. The van der Waals surface area contributed by atoms with Gasteiger partial charge in [0.2, 0.25) is 11.8 Å². The molecule has 9 heteroatoms. The maximum atomic E-state index is 12.7. The first-order chi connectivity index (χ1) is 14.7. The molecule has 0 aliphatic rings. The van der Waals surface area contributed by atoms with Crippen LogP contribution in [0.25, 0.3) is 11.3 Å². The third kappa shape index (κ3) is 5.79. The van der Waals surface area contributed by atoms with Gasteiger partial charge in [0.15, 0.2) is 10.9 Å². The average Bonchev–Trinajstić information content (AvgIpc) is 2.70. The molecule has 0 saturated heterocycles. The Morgan fingerprint density at radius 3 is 2.35 bits per heavy atom. The number of hydrogen-bond donors (Lipinski definition) is 3. The second-order valence-electron chi connectivity index (χ2n) is 7.20. The minimum Gasteiger partial charge on any atom is -0.325 e. The molecule has 1 aromatic heterocycles. The van der Waals surface area contributed by atoms with Crippen LogP contribution >= 0.6 is 11.8 Å². The number of carbonyl (C=O) groups is 2. The van der Waals surface area contributed by atoms with E-state index in [0.29, 0.717) is 16.9 Å². The predicted octanol–water partition coefficient (Wildman–Crippen LogP) is 3.45. The summed E-state index contributed by atoms with van der Waals surface area (Å²) in [6, 6.07) is 11.2. The van der Waals surface area contributed by atoms with Crippen LogP contribution in [-0.4, -0.2) is 32.7 Å². The molecule has 0 fully saturated rings. The number of anilines is 2. The summed E-state index contributed by atoms with van der Waals surface area (Å²) in [5, 5.41) is 13.9. The molecule has 2 aromatic carbocycles. The SMILES string of the molecule is CC(=O)Nc1c(C)cc(C)cc1-c1nnc(SCC(=O)Nc2ccc(C)cc2)[nH]c1=O. The summed E-state index contributed by atoms with van der Waals surface area (Å²) in [5.74, 6) is -0.398. The van der Waals surface area contributed by atoms with Crippen molar-refractivity contribution in [2.24, 2.45) is 0 Å². The number of nitrogens with one attached hydrogen (secondary N) is 3. The van der Waals surface area contributed by atoms with E-state index >= 15 is 0 Å². The monoisotopic (exact) mass is 437 g/mol. The quantitative estimate of drug-likeness (QED) is 0.509. The first-order valence-corrected chi connectivity index (χ1v) is 10.6. The smallest absolute Gasteiger partial charge is 0.278 e. The number of rotatable bonds is 6. The lowest BCUT2D eigenvalue weighted by molar-refractivity contribution is -0.114. The minimum atomic E-state index is -0.451. The molecule has 1 heterocycles. The van der Waals surface area contributed by atoms with Crippen LogP contribution in [0.2, 0.25) is 0 Å². The van der Waals surface area contributed by atoms with Gasteiger partial charge in [-0.1, -0.05) is 41.1 Å². The van der Waals surface area contributed by atoms with Crippen LogP contribution in [0.15, 0.2) is 46.3 Å². The van der Waals surface area contributed by atoms with Crippen LogP contribution in [0.1, 0.15) is 23.6 Å². The van der Waals surface area contributed by atoms with Gasteiger partial charge < -0.3 is 10.6 Å². The summed E-state index contributed by atoms with van der Waals surface area (Å²) in [7, 11) is 0. The summed E-state index contributed by atoms with van der Waals surface area (Å²) in [6.07, 6.45) is 0. The number of carbonyl (C=O) groups excluding carboxylic acids is 2. The molecule has 0 aliphatic heterocycles. The van der Waals surface area contributed by atoms with Crippen LogP contribution in [0.5, 0.6) is 0 Å². The number of aromatic nitrogens is 3. The van der Waals surface area contributed by atoms with Crippen molar-refractivity contribution in [2.45, 2.75) is 32.9 Å². The molecular formula is C22H23N5O3S. The average molecular weight is 438 g/mol. The molecule has 8 nitrogen and oxygen atoms in total. The number of hydrogen-bond acceptors (Lipinski definition) is 6. The lowest BCUT2D eigenvalue weighted by Crippen LogP contribution is -2.18. The second-order valence-corrected chi connectivity index (χ2v) is 8.16. The molecule has 0 saturated carbocycles. The van der Waals surface area contributed by atoms with Crippen LogP contribution < -0.4 is 16.2 Å². The number of aryl methyl sites for hydroxylation is 3. The Bertz CT molecular complexity index is 1190. The number of nitrogens with zero attached hydrogens (tertiary/aromatic N) is 2. The highest BCUT2D eigenvalue weighted by Crippen LogP contribution is 2.29. The van der Waals surface area contributed by atoms with E-state index in [1.807, 2.05) is 51.1 Å². The number of H-pyrrole nitrogens is 1. The molecule has 0 aliphatic carbocycles. The van der Waals surface area contributed by atoms with Gasteiger partial charge in [-0.05, 0) is 44.5 Å². The molecule has 3 rings (SSSR count). The largest absolute Gasteiger partial charge is 0.325 e. The summed E-state index contributed by atoms with van der Waals surface area (Å²) in [6.45, 7) is 7.12. The minimum absolute atomic E-state index is 0.0680. The standard InChI is InChI=1S/C22H23N5O3S/c1-12-5-7-16(8-6-12)24-18(29)11-31-22-25-21(30)20(26-27-22)17-10-13(2)9-14(3)19(17)23-15(4)28/h5-10H,11H2,1-4H3,(H,23,28)(H,24,29)(H,25,27,30). The predicted molar refractivity (Wildman–Crippen MR) is 122 cm³/mol. The molecule has 0 radical (unpaired) electrons. The highest BCUT2D eigenvalue weighted by molar-refractivity contribution is 7.99. The van der Waals surface area contributed by atoms with Gasteiger partial charge in [-0.25, -0.2) is 0 Å². The number of thioether (sulfide) groups is 1. The van der Waals surface area contributed by atoms with E-state index in [-0.39, 0.29) is 28.4 Å². The molecule has 0 bridgehead atoms. The lowest BCUT2D eigenvalue weighted by Gasteiger charge is -2.13. The summed E-state index contributed by atoms with van der Waals surface area (Å²) in [5.41, 5.74) is 4.21. The second kappa shape index (κ2) is 9.57. The van der Waals surface area contributed by atoms with Gasteiger partial charge in [0.25, 0.3) is 5.56 Å². The lowest BCUT2D eigenvalue weighted by atomic mass is 10.0. The van der Waals surface area contributed by atoms with E-state index in [4.69, 9.17) is 0 Å². The Kier molecular flexibility index (Phi) is 6.86. The van der Waals surface area contributed by atoms with E-state index in [0.717, 1.165) is 28.5 Å². The Labute approximate surface area is 183 Å². The fourth-order valence-corrected chi connectivity index (χ4v) is 3.63. The Morgan fingerprint density at radius 1 is 1.00 bits per heavy atom. The van der Waals surface area contributed by atoms with Crippen molar-refractivity contribution in [1.29, 1.82) is 0 Å². The van der Waals surface area contributed by atoms with Crippen molar-refractivity contribution in [3.8, 4) is 11.3 Å². The number of amides is 2. The molecule has 2 amide bonds. The molecule has 31 heavy (non-hydrogen) atoms. The third-order valence-electron chi connectivity index (χ3n) is 4.39. The van der Waals surface area contributed by atoms with Gasteiger partial charge >= 0.3 is 0 Å². The Morgan fingerprint density at radius 2 is 1.71 bits per heavy atom. The normalized spacial score (nSPS) is 10.6. The molecule has 160 valence electrons. The highest BCUT2D eigenvalue weighted by atomic mass is 32.2. The summed E-state index contributed by atoms with van der Waals surface area (Å²) >= 11 is 1.08. The molecular weight excluding hydrogens is 414 g/mol. The number of aromatic amines is 1. The first kappa shape index (κ1) is 22.2. The molecule has 0 spiro atoms. The van der Waals surface area contributed by atoms with E-state index in [2.05, 4.69) is 25.8 Å². The Balaban J connectivity index is 1.76. The molecule has 3 aromatic rings. The zero-order valence-corrected chi connectivity index (χ0v) is 18.5. The van der Waals surface area contributed by atoms with Crippen molar-refractivity contribution >= 4 is 35.0 Å². The van der Waals surface area contributed by atoms with E-state index in [9.17, 15) is 14.4 Å². The number of benzene rings is 2. The summed E-state index contributed by atoms with van der Waals surface area (Å²) in [4.78, 5) is 39.1. The molecule has 0 unspecified atom stereocenters. The van der Waals surface area contributed by atoms with Crippen molar-refractivity contribution in [1.82, 2.24) is 15.2 Å². The topological polar surface area (TPSA) is 117 Å². The van der Waals surface area contributed by atoms with Gasteiger partial charge in [-0.15, -0.1) is 10.2 Å². The first-order valence-electron chi connectivity index (χ1n) is 9.58. The van der Waals surface area contributed by atoms with Crippen molar-refractivity contribution in [2.75, 3.05) is 16.4 Å². The van der Waals surface area contributed by atoms with Crippen LogP contribution in [-0.2, 0) is 9.59 Å². The van der Waals surface area contributed by atoms with Gasteiger partial charge in [0, 0.05) is 18.2 Å². The maximum absolute atomic E-state index is 12.7. The van der Waals surface area contributed by atoms with Crippen LogP contribution in [0, 0.1) is 20.8 Å². The van der Waals surface area contributed by atoms with E-state index in [1.165, 1.54) is 6.92 Å². The van der Waals surface area contributed by atoms with Crippen molar-refractivity contribution in [3.05, 3.63) is 63.4 Å². The van der Waals surface area contributed by atoms with E-state index in [1.54, 1.807) is 6.07 Å². The fourth-order valence-electron chi connectivity index (χ4n) is 3.03. The van der Waals surface area contributed by atoms with Crippen LogP contribution in [0.3, 0.4) is 0 Å². The fraction of sp³-hybridized carbons (Fsp3) is 0.227. The third-order valence-corrected chi connectivity index (χ3v) is 5.25. The van der Waals surface area contributed by atoms with Crippen LogP contribution in [0.4, 0.5) is 11.4 Å².